The van der Waals surface area contributed by atoms with Gasteiger partial charge in [-0.3, -0.25) is 4.79 Å². The summed E-state index contributed by atoms with van der Waals surface area (Å²) in [6, 6.07) is 8.20. The van der Waals surface area contributed by atoms with Crippen LogP contribution >= 0.6 is 19.7 Å². The van der Waals surface area contributed by atoms with E-state index in [-0.39, 0.29) is 0 Å². The van der Waals surface area contributed by atoms with E-state index >= 15 is 0 Å². The summed E-state index contributed by atoms with van der Waals surface area (Å²) in [7, 11) is 0.825. The van der Waals surface area contributed by atoms with Crippen LogP contribution in [0.2, 0.25) is 0 Å². The van der Waals surface area contributed by atoms with Crippen molar-refractivity contribution in [2.75, 3.05) is 26.9 Å². The minimum atomic E-state index is -0.855. The molecule has 0 aliphatic carbocycles. The number of methoxy groups -OCH3 is 1. The number of aldehydes is 1. The summed E-state index contributed by atoms with van der Waals surface area (Å²) < 4.78 is 16.9. The number of rotatable bonds is 8. The number of ether oxygens (including phenoxy) is 1. The van der Waals surface area contributed by atoms with E-state index in [9.17, 15) is 4.79 Å². The highest BCUT2D eigenvalue weighted by atomic mass is 32.1. The van der Waals surface area contributed by atoms with Gasteiger partial charge in [0.2, 0.25) is 0 Å². The molecule has 0 bridgehead atoms. The molecule has 1 aromatic heterocycles. The molecule has 2 rings (SSSR count). The van der Waals surface area contributed by atoms with Gasteiger partial charge in [0.15, 0.2) is 14.7 Å². The molecule has 1 aromatic carbocycles. The van der Waals surface area contributed by atoms with Gasteiger partial charge in [-0.25, -0.2) is 0 Å². The molecule has 0 atom stereocenters. The number of carbonyl (C=O) groups excluding carboxylic acids is 1. The third-order valence-electron chi connectivity index (χ3n) is 2.86. The molecule has 1 heterocycles. The fourth-order valence-corrected chi connectivity index (χ4v) is 4.02. The molecule has 0 spiro atoms. The zero-order valence-corrected chi connectivity index (χ0v) is 15.9. The summed E-state index contributed by atoms with van der Waals surface area (Å²) in [6.45, 7) is 8.07. The highest BCUT2D eigenvalue weighted by molar-refractivity contribution is 7.46. The number of benzene rings is 1. The van der Waals surface area contributed by atoms with Crippen molar-refractivity contribution < 1.29 is 18.6 Å². The van der Waals surface area contributed by atoms with Gasteiger partial charge in [-0.2, -0.15) is 0 Å². The van der Waals surface area contributed by atoms with Crippen molar-refractivity contribution in [1.29, 1.82) is 0 Å². The fourth-order valence-electron chi connectivity index (χ4n) is 1.84. The van der Waals surface area contributed by atoms with E-state index in [0.29, 0.717) is 13.2 Å². The van der Waals surface area contributed by atoms with Gasteiger partial charge in [-0.15, -0.1) is 11.3 Å². The van der Waals surface area contributed by atoms with Gasteiger partial charge in [0.1, 0.15) is 0 Å². The molecule has 0 saturated carbocycles. The van der Waals surface area contributed by atoms with Crippen molar-refractivity contribution in [1.82, 2.24) is 0 Å². The lowest BCUT2D eigenvalue weighted by Gasteiger charge is -2.15. The van der Waals surface area contributed by atoms with E-state index in [4.69, 9.17) is 9.05 Å². The minimum absolute atomic E-state index is 0.668. The molecule has 0 saturated heterocycles. The van der Waals surface area contributed by atoms with Gasteiger partial charge in [-0.1, -0.05) is 6.07 Å². The van der Waals surface area contributed by atoms with Gasteiger partial charge in [0, 0.05) is 24.6 Å². The predicted molar refractivity (Wildman–Crippen MR) is 98.6 cm³/mol. The molecule has 6 heteroatoms. The quantitative estimate of drug-likeness (QED) is 0.478. The topological polar surface area (TPSA) is 44.8 Å². The number of hydrogen-bond acceptors (Lipinski definition) is 5. The number of thiophene rings is 1. The lowest BCUT2D eigenvalue weighted by molar-refractivity contribution is 0.112. The van der Waals surface area contributed by atoms with E-state index in [2.05, 4.69) is 22.9 Å². The Bertz CT molecular complexity index is 577. The Morgan fingerprint density at radius 1 is 1.09 bits per heavy atom. The van der Waals surface area contributed by atoms with Crippen molar-refractivity contribution >= 4 is 36.1 Å². The monoisotopic (exact) mass is 356 g/mol. The maximum atomic E-state index is 10.8. The largest absolute Gasteiger partial charge is 0.385 e. The molecular weight excluding hydrogens is 331 g/mol. The average molecular weight is 356 g/mol. The first-order valence-corrected chi connectivity index (χ1v) is 9.86. The van der Waals surface area contributed by atoms with Crippen LogP contribution in [0.4, 0.5) is 0 Å². The molecule has 4 nitrogen and oxygen atoms in total. The number of hydrogen-bond donors (Lipinski definition) is 0. The molecule has 0 radical (unpaired) electrons. The van der Waals surface area contributed by atoms with E-state index in [1.165, 1.54) is 16.9 Å². The summed E-state index contributed by atoms with van der Waals surface area (Å²) in [4.78, 5) is 11.6. The SMILES string of the molecule is CCOC.CCOP(Cc1ccc2sc(C=O)cc2c1)OCC. The van der Waals surface area contributed by atoms with Crippen LogP contribution in [-0.2, 0) is 19.9 Å². The Morgan fingerprint density at radius 3 is 2.26 bits per heavy atom. The van der Waals surface area contributed by atoms with E-state index in [1.807, 2.05) is 26.8 Å². The molecule has 0 N–H and O–H groups in total. The van der Waals surface area contributed by atoms with Crippen LogP contribution < -0.4 is 0 Å². The van der Waals surface area contributed by atoms with Crippen LogP contribution in [-0.4, -0.2) is 33.2 Å². The molecule has 0 fully saturated rings. The average Bonchev–Trinajstić information content (AvgIpc) is 2.98. The van der Waals surface area contributed by atoms with Gasteiger partial charge < -0.3 is 13.8 Å². The smallest absolute Gasteiger partial charge is 0.175 e. The summed E-state index contributed by atoms with van der Waals surface area (Å²) >= 11 is 1.52. The summed E-state index contributed by atoms with van der Waals surface area (Å²) in [6.07, 6.45) is 1.69. The molecule has 0 amide bonds. The Morgan fingerprint density at radius 2 is 1.74 bits per heavy atom. The Balaban J connectivity index is 0.000000593. The maximum Gasteiger partial charge on any atom is 0.175 e. The van der Waals surface area contributed by atoms with Crippen molar-refractivity contribution in [3.63, 3.8) is 0 Å². The van der Waals surface area contributed by atoms with Crippen LogP contribution in [0.3, 0.4) is 0 Å². The zero-order valence-electron chi connectivity index (χ0n) is 14.2. The zero-order chi connectivity index (χ0) is 17.1. The van der Waals surface area contributed by atoms with Crippen molar-refractivity contribution in [2.45, 2.75) is 26.9 Å². The Hall–Kier alpha value is -0.840. The molecule has 2 aromatic rings. The van der Waals surface area contributed by atoms with Gasteiger partial charge in [0.25, 0.3) is 0 Å². The van der Waals surface area contributed by atoms with E-state index < -0.39 is 8.38 Å². The van der Waals surface area contributed by atoms with Crippen LogP contribution in [0.1, 0.15) is 36.0 Å². The predicted octanol–water partition coefficient (Wildman–Crippen LogP) is 5.25. The van der Waals surface area contributed by atoms with Crippen molar-refractivity contribution in [3.05, 3.63) is 34.7 Å². The normalized spacial score (nSPS) is 10.7. The Kier molecular flexibility index (Phi) is 10.2. The van der Waals surface area contributed by atoms with Crippen LogP contribution in [0, 0.1) is 0 Å². The highest BCUT2D eigenvalue weighted by Crippen LogP contribution is 2.42. The second kappa shape index (κ2) is 11.7. The standard InChI is InChI=1S/C14H17O3PS.C3H8O/c1-3-16-18(17-4-2)10-11-5-6-14-12(7-11)8-13(9-15)19-14;1-3-4-2/h5-9H,3-4,10H2,1-2H3;3H2,1-2H3. The first kappa shape index (κ1) is 20.2. The molecule has 0 unspecified atom stereocenters. The lowest BCUT2D eigenvalue weighted by atomic mass is 10.2. The van der Waals surface area contributed by atoms with E-state index in [0.717, 1.165) is 34.0 Å². The third-order valence-corrected chi connectivity index (χ3v) is 5.62. The summed E-state index contributed by atoms with van der Waals surface area (Å²) in [5.41, 5.74) is 1.19. The fraction of sp³-hybridized carbons (Fsp3) is 0.471. The van der Waals surface area contributed by atoms with Crippen molar-refractivity contribution in [3.8, 4) is 0 Å². The second-order valence-corrected chi connectivity index (χ2v) is 7.16. The van der Waals surface area contributed by atoms with Crippen LogP contribution in [0.5, 0.6) is 0 Å². The molecule has 0 aliphatic heterocycles. The molecule has 128 valence electrons. The van der Waals surface area contributed by atoms with Crippen molar-refractivity contribution in [2.24, 2.45) is 0 Å². The Labute approximate surface area is 143 Å². The van der Waals surface area contributed by atoms with Crippen LogP contribution in [0.25, 0.3) is 10.1 Å². The van der Waals surface area contributed by atoms with E-state index in [1.54, 1.807) is 7.11 Å². The third kappa shape index (κ3) is 7.06. The lowest BCUT2D eigenvalue weighted by Crippen LogP contribution is -1.94. The van der Waals surface area contributed by atoms with Crippen LogP contribution in [0.15, 0.2) is 24.3 Å². The van der Waals surface area contributed by atoms with Gasteiger partial charge in [0.05, 0.1) is 18.1 Å². The minimum Gasteiger partial charge on any atom is -0.385 e. The molecular formula is C17H25O4PS. The van der Waals surface area contributed by atoms with Gasteiger partial charge >= 0.3 is 0 Å². The molecule has 0 aliphatic rings. The highest BCUT2D eigenvalue weighted by Gasteiger charge is 2.11. The number of fused-ring (bicyclic) bond motifs is 1. The molecule has 23 heavy (non-hydrogen) atoms. The second-order valence-electron chi connectivity index (χ2n) is 4.54. The number of carbonyl (C=O) groups is 1. The summed E-state index contributed by atoms with van der Waals surface area (Å²) in [5, 5.41) is 1.12. The first-order chi connectivity index (χ1) is 11.2. The maximum absolute atomic E-state index is 10.8. The first-order valence-electron chi connectivity index (χ1n) is 7.68. The van der Waals surface area contributed by atoms with Gasteiger partial charge in [-0.05, 0) is 49.9 Å². The summed E-state index contributed by atoms with van der Waals surface area (Å²) in [5.74, 6) is 0.